The molecule has 0 saturated carbocycles. The van der Waals surface area contributed by atoms with Crippen LogP contribution in [-0.4, -0.2) is 87.7 Å². The number of nitrogens with one attached hydrogen (secondary N) is 1. The SMILES string of the molecule is CCNC(=NCCC(=O)N1CCN(c2ccccc2)CC1)N(C)CC1CCOC1. The van der Waals surface area contributed by atoms with E-state index in [2.05, 4.69) is 58.3 Å². The van der Waals surface area contributed by atoms with Crippen LogP contribution in [0.5, 0.6) is 0 Å². The van der Waals surface area contributed by atoms with E-state index in [1.165, 1.54) is 5.69 Å². The van der Waals surface area contributed by atoms with Gasteiger partial charge in [-0.2, -0.15) is 0 Å². The van der Waals surface area contributed by atoms with Crippen LogP contribution in [0.1, 0.15) is 19.8 Å². The molecule has 1 unspecified atom stereocenters. The maximum Gasteiger partial charge on any atom is 0.224 e. The predicted molar refractivity (Wildman–Crippen MR) is 117 cm³/mol. The molecule has 1 N–H and O–H groups in total. The van der Waals surface area contributed by atoms with Crippen molar-refractivity contribution in [2.75, 3.05) is 71.0 Å². The predicted octanol–water partition coefficient (Wildman–Crippen LogP) is 1.66. The number of guanidine groups is 1. The normalized spacial score (nSPS) is 20.1. The van der Waals surface area contributed by atoms with Crippen LogP contribution in [0.2, 0.25) is 0 Å². The van der Waals surface area contributed by atoms with Gasteiger partial charge in [-0.3, -0.25) is 9.79 Å². The molecule has 0 spiro atoms. The first kappa shape index (κ1) is 21.4. The smallest absolute Gasteiger partial charge is 0.224 e. The fourth-order valence-electron chi connectivity index (χ4n) is 3.94. The van der Waals surface area contributed by atoms with Gasteiger partial charge in [0.05, 0.1) is 13.2 Å². The molecule has 3 rings (SSSR count). The van der Waals surface area contributed by atoms with Crippen molar-refractivity contribution in [3.63, 3.8) is 0 Å². The lowest BCUT2D eigenvalue weighted by atomic mass is 10.1. The van der Waals surface area contributed by atoms with Crippen LogP contribution < -0.4 is 10.2 Å². The Bertz CT molecular complexity index is 652. The summed E-state index contributed by atoms with van der Waals surface area (Å²) in [5.41, 5.74) is 1.23. The molecule has 0 bridgehead atoms. The minimum Gasteiger partial charge on any atom is -0.381 e. The number of amides is 1. The van der Waals surface area contributed by atoms with Crippen molar-refractivity contribution in [1.82, 2.24) is 15.1 Å². The number of aliphatic imine (C=N–C) groups is 1. The molecule has 1 aromatic carbocycles. The molecule has 29 heavy (non-hydrogen) atoms. The van der Waals surface area contributed by atoms with E-state index < -0.39 is 0 Å². The number of ether oxygens (including phenoxy) is 1. The maximum atomic E-state index is 12.6. The molecule has 1 amide bonds. The highest BCUT2D eigenvalue weighted by Crippen LogP contribution is 2.16. The van der Waals surface area contributed by atoms with Crippen molar-refractivity contribution in [3.05, 3.63) is 30.3 Å². The molecule has 2 heterocycles. The maximum absolute atomic E-state index is 12.6. The fraction of sp³-hybridized carbons (Fsp3) is 0.636. The average Bonchev–Trinajstić information content (AvgIpc) is 3.27. The molecular weight excluding hydrogens is 366 g/mol. The second-order valence-corrected chi connectivity index (χ2v) is 7.80. The van der Waals surface area contributed by atoms with Crippen LogP contribution in [0.3, 0.4) is 0 Å². The second kappa shape index (κ2) is 11.0. The van der Waals surface area contributed by atoms with Gasteiger partial charge in [-0.25, -0.2) is 0 Å². The van der Waals surface area contributed by atoms with Gasteiger partial charge < -0.3 is 24.8 Å². The standard InChI is InChI=1S/C22H35N5O2/c1-3-23-22(25(2)17-19-10-16-29-18-19)24-11-9-21(28)27-14-12-26(13-15-27)20-7-5-4-6-8-20/h4-8,19H,3,9-18H2,1-2H3,(H,23,24). The van der Waals surface area contributed by atoms with E-state index in [1.54, 1.807) is 0 Å². The molecule has 160 valence electrons. The average molecular weight is 402 g/mol. The number of piperazine rings is 1. The summed E-state index contributed by atoms with van der Waals surface area (Å²) in [6.07, 6.45) is 1.57. The number of anilines is 1. The highest BCUT2D eigenvalue weighted by molar-refractivity contribution is 5.81. The van der Waals surface area contributed by atoms with Crippen molar-refractivity contribution in [2.24, 2.45) is 10.9 Å². The fourth-order valence-corrected chi connectivity index (χ4v) is 3.94. The van der Waals surface area contributed by atoms with E-state index in [0.29, 0.717) is 18.9 Å². The Labute approximate surface area is 174 Å². The monoisotopic (exact) mass is 401 g/mol. The summed E-state index contributed by atoms with van der Waals surface area (Å²) < 4.78 is 5.47. The Balaban J connectivity index is 1.43. The van der Waals surface area contributed by atoms with Crippen molar-refractivity contribution >= 4 is 17.6 Å². The van der Waals surface area contributed by atoms with Gasteiger partial charge in [0.1, 0.15) is 0 Å². The van der Waals surface area contributed by atoms with Gasteiger partial charge in [0, 0.05) is 70.9 Å². The molecule has 2 saturated heterocycles. The molecule has 7 heteroatoms. The molecule has 0 aromatic heterocycles. The molecule has 2 fully saturated rings. The first-order chi connectivity index (χ1) is 14.2. The highest BCUT2D eigenvalue weighted by atomic mass is 16.5. The number of rotatable bonds is 7. The van der Waals surface area contributed by atoms with Gasteiger partial charge in [-0.05, 0) is 25.5 Å². The third-order valence-corrected chi connectivity index (χ3v) is 5.59. The number of carbonyl (C=O) groups is 1. The molecular formula is C22H35N5O2. The Morgan fingerprint density at radius 2 is 2.00 bits per heavy atom. The highest BCUT2D eigenvalue weighted by Gasteiger charge is 2.21. The van der Waals surface area contributed by atoms with Gasteiger partial charge >= 0.3 is 0 Å². The lowest BCUT2D eigenvalue weighted by molar-refractivity contribution is -0.131. The lowest BCUT2D eigenvalue weighted by Crippen LogP contribution is -2.49. The Kier molecular flexibility index (Phi) is 8.16. The minimum absolute atomic E-state index is 0.198. The van der Waals surface area contributed by atoms with Crippen LogP contribution >= 0.6 is 0 Å². The zero-order chi connectivity index (χ0) is 20.5. The molecule has 0 radical (unpaired) electrons. The summed E-state index contributed by atoms with van der Waals surface area (Å²) in [7, 11) is 2.06. The van der Waals surface area contributed by atoms with Crippen LogP contribution in [-0.2, 0) is 9.53 Å². The topological polar surface area (TPSA) is 60.4 Å². The molecule has 7 nitrogen and oxygen atoms in total. The second-order valence-electron chi connectivity index (χ2n) is 7.80. The Morgan fingerprint density at radius 1 is 1.24 bits per heavy atom. The van der Waals surface area contributed by atoms with Gasteiger partial charge in [-0.1, -0.05) is 18.2 Å². The first-order valence-corrected chi connectivity index (χ1v) is 10.8. The molecule has 0 aliphatic carbocycles. The zero-order valence-electron chi connectivity index (χ0n) is 17.8. The van der Waals surface area contributed by atoms with E-state index in [-0.39, 0.29) is 5.91 Å². The van der Waals surface area contributed by atoms with Gasteiger partial charge in [0.25, 0.3) is 0 Å². The largest absolute Gasteiger partial charge is 0.381 e. The van der Waals surface area contributed by atoms with Crippen LogP contribution in [0.4, 0.5) is 5.69 Å². The molecule has 1 atom stereocenters. The summed E-state index contributed by atoms with van der Waals surface area (Å²) >= 11 is 0. The van der Waals surface area contributed by atoms with Crippen molar-refractivity contribution in [3.8, 4) is 0 Å². The Morgan fingerprint density at radius 3 is 2.66 bits per heavy atom. The molecule has 1 aromatic rings. The van der Waals surface area contributed by atoms with Crippen LogP contribution in [0.25, 0.3) is 0 Å². The van der Waals surface area contributed by atoms with Gasteiger partial charge in [-0.15, -0.1) is 0 Å². The number of hydrogen-bond donors (Lipinski definition) is 1. The number of hydrogen-bond acceptors (Lipinski definition) is 4. The van der Waals surface area contributed by atoms with Crippen LogP contribution in [0, 0.1) is 5.92 Å². The number of para-hydroxylation sites is 1. The molecule has 2 aliphatic rings. The van der Waals surface area contributed by atoms with E-state index >= 15 is 0 Å². The van der Waals surface area contributed by atoms with E-state index in [9.17, 15) is 4.79 Å². The van der Waals surface area contributed by atoms with Gasteiger partial charge in [0.2, 0.25) is 5.91 Å². The van der Waals surface area contributed by atoms with Crippen molar-refractivity contribution in [1.29, 1.82) is 0 Å². The number of nitrogens with zero attached hydrogens (tertiary/aromatic N) is 4. The third kappa shape index (κ3) is 6.35. The lowest BCUT2D eigenvalue weighted by Gasteiger charge is -2.36. The zero-order valence-corrected chi connectivity index (χ0v) is 17.8. The van der Waals surface area contributed by atoms with Crippen molar-refractivity contribution < 1.29 is 9.53 Å². The number of benzene rings is 1. The van der Waals surface area contributed by atoms with E-state index in [1.807, 2.05) is 11.0 Å². The number of carbonyl (C=O) groups excluding carboxylic acids is 1. The Hall–Kier alpha value is -2.28. The summed E-state index contributed by atoms with van der Waals surface area (Å²) in [5.74, 6) is 1.64. The molecule has 2 aliphatic heterocycles. The summed E-state index contributed by atoms with van der Waals surface area (Å²) in [6.45, 7) is 9.35. The van der Waals surface area contributed by atoms with Crippen molar-refractivity contribution in [2.45, 2.75) is 19.8 Å². The first-order valence-electron chi connectivity index (χ1n) is 10.8. The van der Waals surface area contributed by atoms with Gasteiger partial charge in [0.15, 0.2) is 5.96 Å². The minimum atomic E-state index is 0.198. The van der Waals surface area contributed by atoms with Crippen LogP contribution in [0.15, 0.2) is 35.3 Å². The third-order valence-electron chi connectivity index (χ3n) is 5.59. The quantitative estimate of drug-likeness (QED) is 0.556. The van der Waals surface area contributed by atoms with E-state index in [0.717, 1.165) is 64.9 Å². The summed E-state index contributed by atoms with van der Waals surface area (Å²) in [5, 5.41) is 3.34. The summed E-state index contributed by atoms with van der Waals surface area (Å²) in [6, 6.07) is 10.4. The summed E-state index contributed by atoms with van der Waals surface area (Å²) in [4.78, 5) is 23.8. The van der Waals surface area contributed by atoms with E-state index in [4.69, 9.17) is 4.74 Å².